The molecule has 1 aliphatic rings. The second-order valence-electron chi connectivity index (χ2n) is 4.73. The standard InChI is InChI=1S/C12H14N2O4/c15-5-12(6-17-7-12)4-13-8-1-2-9-10(3-8)18-11(16)14-9/h1-3,13,15H,4-7H2,(H,14,16). The number of ether oxygens (including phenoxy) is 1. The van der Waals surface area contributed by atoms with Gasteiger partial charge in [-0.3, -0.25) is 4.98 Å². The molecule has 1 aromatic carbocycles. The zero-order valence-corrected chi connectivity index (χ0v) is 9.73. The lowest BCUT2D eigenvalue weighted by molar-refractivity contribution is -0.128. The minimum atomic E-state index is -0.457. The van der Waals surface area contributed by atoms with Gasteiger partial charge in [-0.25, -0.2) is 4.79 Å². The van der Waals surface area contributed by atoms with E-state index in [4.69, 9.17) is 9.15 Å². The van der Waals surface area contributed by atoms with E-state index in [1.165, 1.54) is 0 Å². The second kappa shape index (κ2) is 4.15. The fourth-order valence-electron chi connectivity index (χ4n) is 1.98. The number of aromatic amines is 1. The molecule has 6 heteroatoms. The Morgan fingerprint density at radius 3 is 2.94 bits per heavy atom. The maximum atomic E-state index is 11.0. The summed E-state index contributed by atoms with van der Waals surface area (Å²) in [7, 11) is 0. The van der Waals surface area contributed by atoms with Gasteiger partial charge in [0, 0.05) is 18.3 Å². The van der Waals surface area contributed by atoms with E-state index in [1.54, 1.807) is 12.1 Å². The Balaban J connectivity index is 1.76. The highest BCUT2D eigenvalue weighted by Gasteiger charge is 2.37. The van der Waals surface area contributed by atoms with Crippen LogP contribution in [0.15, 0.2) is 27.4 Å². The quantitative estimate of drug-likeness (QED) is 0.737. The lowest BCUT2D eigenvalue weighted by Crippen LogP contribution is -2.50. The number of aliphatic hydroxyl groups is 1. The van der Waals surface area contributed by atoms with Crippen LogP contribution in [0.5, 0.6) is 0 Å². The van der Waals surface area contributed by atoms with Crippen LogP contribution in [0.2, 0.25) is 0 Å². The predicted octanol–water partition coefficient (Wildman–Crippen LogP) is 0.542. The van der Waals surface area contributed by atoms with Gasteiger partial charge < -0.3 is 19.6 Å². The van der Waals surface area contributed by atoms with Crippen LogP contribution in [0, 0.1) is 5.41 Å². The number of oxazole rings is 1. The SMILES string of the molecule is O=c1[nH]c2ccc(NCC3(CO)COC3)cc2o1. The predicted molar refractivity (Wildman–Crippen MR) is 65.7 cm³/mol. The van der Waals surface area contributed by atoms with Gasteiger partial charge in [-0.05, 0) is 12.1 Å². The van der Waals surface area contributed by atoms with Gasteiger partial charge in [-0.1, -0.05) is 0 Å². The van der Waals surface area contributed by atoms with E-state index in [1.807, 2.05) is 6.07 Å². The minimum Gasteiger partial charge on any atom is -0.408 e. The number of benzene rings is 1. The molecule has 0 bridgehead atoms. The Bertz CT molecular complexity index is 606. The van der Waals surface area contributed by atoms with E-state index < -0.39 is 5.76 Å². The number of H-pyrrole nitrogens is 1. The maximum Gasteiger partial charge on any atom is 0.417 e. The molecule has 6 nitrogen and oxygen atoms in total. The molecular weight excluding hydrogens is 236 g/mol. The van der Waals surface area contributed by atoms with E-state index in [2.05, 4.69) is 10.3 Å². The summed E-state index contributed by atoms with van der Waals surface area (Å²) in [5.74, 6) is -0.457. The summed E-state index contributed by atoms with van der Waals surface area (Å²) < 4.78 is 10.1. The largest absolute Gasteiger partial charge is 0.417 e. The summed E-state index contributed by atoms with van der Waals surface area (Å²) in [6.07, 6.45) is 0. The number of hydrogen-bond acceptors (Lipinski definition) is 5. The highest BCUT2D eigenvalue weighted by atomic mass is 16.5. The number of aliphatic hydroxyl groups excluding tert-OH is 1. The van der Waals surface area contributed by atoms with Crippen LogP contribution in [0.4, 0.5) is 5.69 Å². The Kier molecular flexibility index (Phi) is 2.61. The molecule has 1 aromatic heterocycles. The zero-order valence-electron chi connectivity index (χ0n) is 9.73. The van der Waals surface area contributed by atoms with Gasteiger partial charge in [0.1, 0.15) is 0 Å². The van der Waals surface area contributed by atoms with Gasteiger partial charge in [0.25, 0.3) is 0 Å². The van der Waals surface area contributed by atoms with Gasteiger partial charge in [0.2, 0.25) is 0 Å². The third-order valence-corrected chi connectivity index (χ3v) is 3.24. The molecule has 0 amide bonds. The molecular formula is C12H14N2O4. The van der Waals surface area contributed by atoms with E-state index in [0.29, 0.717) is 30.9 Å². The number of hydrogen-bond donors (Lipinski definition) is 3. The first-order chi connectivity index (χ1) is 8.71. The van der Waals surface area contributed by atoms with E-state index in [-0.39, 0.29) is 12.0 Å². The highest BCUT2D eigenvalue weighted by molar-refractivity contribution is 5.76. The van der Waals surface area contributed by atoms with Crippen molar-refractivity contribution in [3.63, 3.8) is 0 Å². The van der Waals surface area contributed by atoms with Crippen LogP contribution in [0.1, 0.15) is 0 Å². The van der Waals surface area contributed by atoms with Gasteiger partial charge in [0.15, 0.2) is 5.58 Å². The number of fused-ring (bicyclic) bond motifs is 1. The Hall–Kier alpha value is -1.79. The smallest absolute Gasteiger partial charge is 0.408 e. The second-order valence-corrected chi connectivity index (χ2v) is 4.73. The summed E-state index contributed by atoms with van der Waals surface area (Å²) in [6.45, 7) is 1.86. The summed E-state index contributed by atoms with van der Waals surface area (Å²) in [6, 6.07) is 5.40. The molecule has 1 aliphatic heterocycles. The first-order valence-corrected chi connectivity index (χ1v) is 5.76. The van der Waals surface area contributed by atoms with Crippen LogP contribution >= 0.6 is 0 Å². The van der Waals surface area contributed by atoms with Crippen LogP contribution in [0.25, 0.3) is 11.1 Å². The molecule has 2 heterocycles. The number of aromatic nitrogens is 1. The first-order valence-electron chi connectivity index (χ1n) is 5.76. The van der Waals surface area contributed by atoms with Gasteiger partial charge in [-0.15, -0.1) is 0 Å². The Morgan fingerprint density at radius 1 is 1.44 bits per heavy atom. The van der Waals surface area contributed by atoms with Gasteiger partial charge in [0.05, 0.1) is 30.8 Å². The zero-order chi connectivity index (χ0) is 12.6. The molecule has 1 fully saturated rings. The molecule has 1 saturated heterocycles. The summed E-state index contributed by atoms with van der Waals surface area (Å²) in [5.41, 5.74) is 1.86. The van der Waals surface area contributed by atoms with Crippen LogP contribution in [-0.4, -0.2) is 36.5 Å². The third kappa shape index (κ3) is 1.89. The van der Waals surface area contributed by atoms with Crippen molar-refractivity contribution in [3.8, 4) is 0 Å². The normalized spacial score (nSPS) is 17.6. The van der Waals surface area contributed by atoms with Crippen molar-refractivity contribution in [1.29, 1.82) is 0 Å². The van der Waals surface area contributed by atoms with Crippen molar-refractivity contribution in [3.05, 3.63) is 28.7 Å². The number of rotatable bonds is 4. The van der Waals surface area contributed by atoms with E-state index in [9.17, 15) is 9.90 Å². The average molecular weight is 250 g/mol. The minimum absolute atomic E-state index is 0.0987. The molecule has 0 atom stereocenters. The number of anilines is 1. The topological polar surface area (TPSA) is 87.5 Å². The Morgan fingerprint density at radius 2 is 2.28 bits per heavy atom. The van der Waals surface area contributed by atoms with Gasteiger partial charge in [-0.2, -0.15) is 0 Å². The average Bonchev–Trinajstić information content (AvgIpc) is 2.67. The van der Waals surface area contributed by atoms with Crippen molar-refractivity contribution in [2.24, 2.45) is 5.41 Å². The number of nitrogens with one attached hydrogen (secondary N) is 2. The molecule has 0 aliphatic carbocycles. The van der Waals surface area contributed by atoms with Gasteiger partial charge >= 0.3 is 5.76 Å². The fourth-order valence-corrected chi connectivity index (χ4v) is 1.98. The molecule has 0 radical (unpaired) electrons. The summed E-state index contributed by atoms with van der Waals surface area (Å²) in [4.78, 5) is 13.6. The molecule has 18 heavy (non-hydrogen) atoms. The first kappa shape index (κ1) is 11.3. The Labute approximate surface area is 103 Å². The van der Waals surface area contributed by atoms with Crippen LogP contribution in [-0.2, 0) is 4.74 Å². The fraction of sp³-hybridized carbons (Fsp3) is 0.417. The lowest BCUT2D eigenvalue weighted by atomic mass is 9.87. The molecule has 0 spiro atoms. The van der Waals surface area contributed by atoms with Crippen molar-refractivity contribution in [2.45, 2.75) is 0 Å². The molecule has 96 valence electrons. The van der Waals surface area contributed by atoms with Crippen molar-refractivity contribution < 1.29 is 14.3 Å². The van der Waals surface area contributed by atoms with Crippen LogP contribution < -0.4 is 11.1 Å². The van der Waals surface area contributed by atoms with E-state index in [0.717, 1.165) is 5.69 Å². The summed E-state index contributed by atoms with van der Waals surface area (Å²) >= 11 is 0. The molecule has 3 N–H and O–H groups in total. The van der Waals surface area contributed by atoms with Crippen molar-refractivity contribution in [2.75, 3.05) is 31.7 Å². The maximum absolute atomic E-state index is 11.0. The molecule has 0 unspecified atom stereocenters. The van der Waals surface area contributed by atoms with Crippen molar-refractivity contribution in [1.82, 2.24) is 4.98 Å². The highest BCUT2D eigenvalue weighted by Crippen LogP contribution is 2.27. The third-order valence-electron chi connectivity index (χ3n) is 3.24. The molecule has 3 rings (SSSR count). The monoisotopic (exact) mass is 250 g/mol. The molecule has 0 saturated carbocycles. The summed E-state index contributed by atoms with van der Waals surface area (Å²) in [5, 5.41) is 12.5. The van der Waals surface area contributed by atoms with Crippen molar-refractivity contribution >= 4 is 16.8 Å². The molecule has 2 aromatic rings. The lowest BCUT2D eigenvalue weighted by Gasteiger charge is -2.40. The van der Waals surface area contributed by atoms with Crippen LogP contribution in [0.3, 0.4) is 0 Å². The van der Waals surface area contributed by atoms with E-state index >= 15 is 0 Å².